The quantitative estimate of drug-likeness (QED) is 0.880. The average Bonchev–Trinajstić information content (AvgIpc) is 2.49. The molecule has 1 saturated heterocycles. The van der Waals surface area contributed by atoms with E-state index in [0.717, 1.165) is 0 Å². The summed E-state index contributed by atoms with van der Waals surface area (Å²) in [6, 6.07) is 2.64. The molecule has 0 spiro atoms. The van der Waals surface area contributed by atoms with Crippen molar-refractivity contribution in [1.82, 2.24) is 4.31 Å². The predicted octanol–water partition coefficient (Wildman–Crippen LogP) is 1.89. The van der Waals surface area contributed by atoms with E-state index < -0.39 is 15.9 Å². The van der Waals surface area contributed by atoms with Crippen LogP contribution < -0.4 is 10.5 Å². The highest BCUT2D eigenvalue weighted by Gasteiger charge is 2.33. The first-order valence-corrected chi connectivity index (χ1v) is 8.79. The molecule has 0 atom stereocenters. The van der Waals surface area contributed by atoms with Crippen LogP contribution in [0.4, 0.5) is 0 Å². The van der Waals surface area contributed by atoms with Crippen molar-refractivity contribution < 1.29 is 17.9 Å². The number of carbonyl (C=O) groups excluding carboxylic acids is 1. The van der Waals surface area contributed by atoms with Gasteiger partial charge in [0.2, 0.25) is 15.9 Å². The van der Waals surface area contributed by atoms with Gasteiger partial charge in [0.15, 0.2) is 0 Å². The Balaban J connectivity index is 2.28. The number of piperidine rings is 1. The number of ether oxygens (including phenoxy) is 1. The summed E-state index contributed by atoms with van der Waals surface area (Å²) in [5, 5.41) is 0.204. The normalized spacial score (nSPS) is 17.4. The third kappa shape index (κ3) is 3.32. The van der Waals surface area contributed by atoms with E-state index in [0.29, 0.717) is 18.6 Å². The number of sulfonamides is 1. The topological polar surface area (TPSA) is 89.7 Å². The standard InChI is InChI=1S/C13H16Cl2N2O4S/c1-21-11-6-10(15)12(7-9(11)14)22(19,20)17-4-2-8(3-5-17)13(16)18/h6-8H,2-5H2,1H3,(H2,16,18). The number of amides is 1. The average molecular weight is 367 g/mol. The van der Waals surface area contributed by atoms with E-state index in [2.05, 4.69) is 0 Å². The zero-order valence-corrected chi connectivity index (χ0v) is 14.2. The van der Waals surface area contributed by atoms with Gasteiger partial charge >= 0.3 is 0 Å². The number of rotatable bonds is 4. The Hall–Kier alpha value is -1.02. The van der Waals surface area contributed by atoms with Gasteiger partial charge in [0.05, 0.1) is 17.2 Å². The van der Waals surface area contributed by atoms with Crippen molar-refractivity contribution in [2.75, 3.05) is 20.2 Å². The Morgan fingerprint density at radius 1 is 1.27 bits per heavy atom. The lowest BCUT2D eigenvalue weighted by Gasteiger charge is -2.30. The van der Waals surface area contributed by atoms with Crippen molar-refractivity contribution in [2.24, 2.45) is 11.7 Å². The molecule has 0 unspecified atom stereocenters. The number of primary amides is 1. The molecule has 0 bridgehead atoms. The number of hydrogen-bond acceptors (Lipinski definition) is 4. The number of methoxy groups -OCH3 is 1. The lowest BCUT2D eigenvalue weighted by atomic mass is 9.98. The van der Waals surface area contributed by atoms with Crippen molar-refractivity contribution in [3.05, 3.63) is 22.2 Å². The molecule has 1 aliphatic heterocycles. The zero-order valence-electron chi connectivity index (χ0n) is 11.9. The van der Waals surface area contributed by atoms with Gasteiger partial charge in [0, 0.05) is 25.1 Å². The van der Waals surface area contributed by atoms with Gasteiger partial charge in [0.1, 0.15) is 10.6 Å². The van der Waals surface area contributed by atoms with Crippen LogP contribution >= 0.6 is 23.2 Å². The predicted molar refractivity (Wildman–Crippen MR) is 83.7 cm³/mol. The number of carbonyl (C=O) groups is 1. The van der Waals surface area contributed by atoms with E-state index in [1.165, 1.54) is 23.5 Å². The molecule has 2 N–H and O–H groups in total. The van der Waals surface area contributed by atoms with E-state index in [1.807, 2.05) is 0 Å². The fraction of sp³-hybridized carbons (Fsp3) is 0.462. The summed E-state index contributed by atoms with van der Waals surface area (Å²) in [4.78, 5) is 11.1. The number of halogens is 2. The van der Waals surface area contributed by atoms with Crippen molar-refractivity contribution >= 4 is 39.1 Å². The van der Waals surface area contributed by atoms with Crippen LogP contribution in [0.5, 0.6) is 5.75 Å². The van der Waals surface area contributed by atoms with E-state index >= 15 is 0 Å². The highest BCUT2D eigenvalue weighted by Crippen LogP contribution is 2.35. The Bertz CT molecular complexity index is 686. The number of nitrogens with zero attached hydrogens (tertiary/aromatic N) is 1. The minimum Gasteiger partial charge on any atom is -0.495 e. The van der Waals surface area contributed by atoms with Gasteiger partial charge in [-0.15, -0.1) is 0 Å². The van der Waals surface area contributed by atoms with E-state index in [9.17, 15) is 13.2 Å². The fourth-order valence-corrected chi connectivity index (χ4v) is 4.68. The molecular weight excluding hydrogens is 351 g/mol. The van der Waals surface area contributed by atoms with Crippen LogP contribution in [0.25, 0.3) is 0 Å². The number of benzene rings is 1. The van der Waals surface area contributed by atoms with Gasteiger partial charge in [-0.1, -0.05) is 23.2 Å². The second kappa shape index (κ2) is 6.62. The molecule has 6 nitrogen and oxygen atoms in total. The van der Waals surface area contributed by atoms with Gasteiger partial charge in [-0.25, -0.2) is 8.42 Å². The van der Waals surface area contributed by atoms with E-state index in [4.69, 9.17) is 33.7 Å². The molecular formula is C13H16Cl2N2O4S. The molecule has 1 amide bonds. The molecule has 22 heavy (non-hydrogen) atoms. The van der Waals surface area contributed by atoms with Crippen LogP contribution in [0.3, 0.4) is 0 Å². The minimum absolute atomic E-state index is 0.0401. The highest BCUT2D eigenvalue weighted by atomic mass is 35.5. The summed E-state index contributed by atoms with van der Waals surface area (Å²) in [6.45, 7) is 0.436. The minimum atomic E-state index is -3.78. The fourth-order valence-electron chi connectivity index (χ4n) is 2.38. The van der Waals surface area contributed by atoms with Crippen LogP contribution in [0.15, 0.2) is 17.0 Å². The lowest BCUT2D eigenvalue weighted by Crippen LogP contribution is -2.41. The van der Waals surface area contributed by atoms with Crippen molar-refractivity contribution in [2.45, 2.75) is 17.7 Å². The molecule has 1 fully saturated rings. The molecule has 1 aromatic rings. The largest absolute Gasteiger partial charge is 0.495 e. The second-order valence-electron chi connectivity index (χ2n) is 5.00. The Morgan fingerprint density at radius 3 is 2.36 bits per heavy atom. The third-order valence-corrected chi connectivity index (χ3v) is 6.34. The first-order chi connectivity index (χ1) is 10.3. The maximum Gasteiger partial charge on any atom is 0.244 e. The summed E-state index contributed by atoms with van der Waals surface area (Å²) >= 11 is 12.0. The van der Waals surface area contributed by atoms with Crippen LogP contribution in [0.1, 0.15) is 12.8 Å². The van der Waals surface area contributed by atoms with Crippen molar-refractivity contribution in [3.63, 3.8) is 0 Å². The summed E-state index contributed by atoms with van der Waals surface area (Å²) in [5.74, 6) is -0.387. The van der Waals surface area contributed by atoms with Crippen LogP contribution in [0.2, 0.25) is 10.0 Å². The second-order valence-corrected chi connectivity index (χ2v) is 7.72. The number of nitrogens with two attached hydrogens (primary N) is 1. The molecule has 0 aliphatic carbocycles. The molecule has 1 heterocycles. The summed E-state index contributed by atoms with van der Waals surface area (Å²) in [6.07, 6.45) is 0.798. The van der Waals surface area contributed by atoms with Crippen molar-refractivity contribution in [3.8, 4) is 5.75 Å². The Morgan fingerprint density at radius 2 is 1.86 bits per heavy atom. The molecule has 1 aromatic carbocycles. The third-order valence-electron chi connectivity index (χ3n) is 3.68. The van der Waals surface area contributed by atoms with Crippen LogP contribution in [0, 0.1) is 5.92 Å². The molecule has 1 aliphatic rings. The van der Waals surface area contributed by atoms with Gasteiger partial charge in [-0.3, -0.25) is 4.79 Å². The van der Waals surface area contributed by atoms with Gasteiger partial charge in [-0.2, -0.15) is 4.31 Å². The maximum absolute atomic E-state index is 12.7. The number of hydrogen-bond donors (Lipinski definition) is 1. The highest BCUT2D eigenvalue weighted by molar-refractivity contribution is 7.89. The van der Waals surface area contributed by atoms with Gasteiger partial charge in [-0.05, 0) is 18.9 Å². The SMILES string of the molecule is COc1cc(Cl)c(S(=O)(=O)N2CCC(C(N)=O)CC2)cc1Cl. The van der Waals surface area contributed by atoms with Crippen LogP contribution in [-0.4, -0.2) is 38.8 Å². The first-order valence-electron chi connectivity index (χ1n) is 6.60. The molecule has 0 aromatic heterocycles. The van der Waals surface area contributed by atoms with E-state index in [1.54, 1.807) is 0 Å². The lowest BCUT2D eigenvalue weighted by molar-refractivity contribution is -0.122. The molecule has 9 heteroatoms. The Labute approximate surface area is 139 Å². The van der Waals surface area contributed by atoms with Crippen LogP contribution in [-0.2, 0) is 14.8 Å². The Kier molecular flexibility index (Phi) is 5.21. The molecule has 122 valence electrons. The molecule has 0 saturated carbocycles. The van der Waals surface area contributed by atoms with E-state index in [-0.39, 0.29) is 33.9 Å². The van der Waals surface area contributed by atoms with Gasteiger partial charge < -0.3 is 10.5 Å². The first kappa shape index (κ1) is 17.3. The molecule has 0 radical (unpaired) electrons. The smallest absolute Gasteiger partial charge is 0.244 e. The summed E-state index contributed by atoms with van der Waals surface area (Å²) < 4.78 is 31.6. The van der Waals surface area contributed by atoms with Gasteiger partial charge in [0.25, 0.3) is 0 Å². The van der Waals surface area contributed by atoms with Crippen molar-refractivity contribution in [1.29, 1.82) is 0 Å². The summed E-state index contributed by atoms with van der Waals surface area (Å²) in [5.41, 5.74) is 5.25. The maximum atomic E-state index is 12.7. The summed E-state index contributed by atoms with van der Waals surface area (Å²) in [7, 11) is -2.36. The zero-order chi connectivity index (χ0) is 16.5. The molecule has 2 rings (SSSR count). The monoisotopic (exact) mass is 366 g/mol.